The first-order valence-corrected chi connectivity index (χ1v) is 8.48. The van der Waals surface area contributed by atoms with Gasteiger partial charge in [-0.15, -0.1) is 0 Å². The van der Waals surface area contributed by atoms with Crippen LogP contribution in [0.5, 0.6) is 11.5 Å². The first-order chi connectivity index (χ1) is 11.9. The molecular formula is C16H22N4O4S. The van der Waals surface area contributed by atoms with Gasteiger partial charge in [0.15, 0.2) is 10.9 Å². The molecule has 2 rings (SSSR count). The quantitative estimate of drug-likeness (QED) is 0.318. The highest BCUT2D eigenvalue weighted by molar-refractivity contribution is 7.80. The molecule has 0 saturated heterocycles. The Labute approximate surface area is 151 Å². The van der Waals surface area contributed by atoms with Crippen molar-refractivity contribution in [2.75, 3.05) is 7.11 Å². The summed E-state index contributed by atoms with van der Waals surface area (Å²) in [6.07, 6.45) is 6.08. The van der Waals surface area contributed by atoms with Gasteiger partial charge in [-0.1, -0.05) is 19.8 Å². The van der Waals surface area contributed by atoms with E-state index in [1.165, 1.54) is 44.7 Å². The van der Waals surface area contributed by atoms with Gasteiger partial charge in [0, 0.05) is 17.7 Å². The largest absolute Gasteiger partial charge is 0.500 e. The maximum atomic E-state index is 11.0. The normalized spacial score (nSPS) is 20.2. The third-order valence-corrected chi connectivity index (χ3v) is 4.51. The number of nitro groups is 1. The molecule has 1 aromatic rings. The Morgan fingerprint density at radius 2 is 2.20 bits per heavy atom. The van der Waals surface area contributed by atoms with E-state index in [1.54, 1.807) is 0 Å². The van der Waals surface area contributed by atoms with Crippen LogP contribution in [0.2, 0.25) is 0 Å². The van der Waals surface area contributed by atoms with Crippen LogP contribution in [0, 0.1) is 16.0 Å². The van der Waals surface area contributed by atoms with Crippen LogP contribution in [0.4, 0.5) is 5.69 Å². The molecule has 0 amide bonds. The fraction of sp³-hybridized carbons (Fsp3) is 0.500. The number of hydrazone groups is 1. The van der Waals surface area contributed by atoms with Crippen molar-refractivity contribution >= 4 is 29.2 Å². The van der Waals surface area contributed by atoms with Crippen LogP contribution >= 0.6 is 12.2 Å². The zero-order valence-corrected chi connectivity index (χ0v) is 15.0. The van der Waals surface area contributed by atoms with Crippen molar-refractivity contribution in [3.63, 3.8) is 0 Å². The van der Waals surface area contributed by atoms with E-state index in [1.807, 2.05) is 0 Å². The number of nitro benzene ring substituents is 1. The molecule has 0 spiro atoms. The SMILES string of the molecule is COc1cc(/C=N\NC(=S)N[C@H]2CCCC[C@@H]2C)cc([N+](=O)[O-])c1O. The molecule has 1 aromatic carbocycles. The lowest BCUT2D eigenvalue weighted by Gasteiger charge is -2.30. The lowest BCUT2D eigenvalue weighted by molar-refractivity contribution is -0.386. The lowest BCUT2D eigenvalue weighted by Crippen LogP contribution is -2.44. The molecule has 0 aliphatic heterocycles. The van der Waals surface area contributed by atoms with Crippen LogP contribution < -0.4 is 15.5 Å². The Morgan fingerprint density at radius 1 is 1.48 bits per heavy atom. The summed E-state index contributed by atoms with van der Waals surface area (Å²) in [5.74, 6) is 0.0509. The molecule has 0 unspecified atom stereocenters. The molecule has 1 aliphatic rings. The number of thiocarbonyl (C=S) groups is 1. The zero-order chi connectivity index (χ0) is 18.4. The molecule has 0 heterocycles. The maximum absolute atomic E-state index is 11.0. The smallest absolute Gasteiger partial charge is 0.315 e. The third kappa shape index (κ3) is 5.02. The summed E-state index contributed by atoms with van der Waals surface area (Å²) in [6.45, 7) is 2.20. The Balaban J connectivity index is 2.00. The molecule has 1 aliphatic carbocycles. The van der Waals surface area contributed by atoms with Gasteiger partial charge in [-0.25, -0.2) is 0 Å². The van der Waals surface area contributed by atoms with Crippen molar-refractivity contribution in [3.8, 4) is 11.5 Å². The predicted octanol–water partition coefficient (Wildman–Crippen LogP) is 2.69. The van der Waals surface area contributed by atoms with E-state index >= 15 is 0 Å². The number of phenols is 1. The molecular weight excluding hydrogens is 344 g/mol. The first kappa shape index (κ1) is 18.9. The molecule has 2 atom stereocenters. The highest BCUT2D eigenvalue weighted by Crippen LogP contribution is 2.36. The Bertz CT molecular complexity index is 680. The summed E-state index contributed by atoms with van der Waals surface area (Å²) in [6, 6.07) is 2.99. The fourth-order valence-electron chi connectivity index (χ4n) is 2.88. The van der Waals surface area contributed by atoms with Crippen LogP contribution in [0.3, 0.4) is 0 Å². The van der Waals surface area contributed by atoms with Crippen molar-refractivity contribution in [2.24, 2.45) is 11.0 Å². The number of nitrogens with zero attached hydrogens (tertiary/aromatic N) is 2. The zero-order valence-electron chi connectivity index (χ0n) is 14.2. The van der Waals surface area contributed by atoms with Crippen molar-refractivity contribution in [1.82, 2.24) is 10.7 Å². The monoisotopic (exact) mass is 366 g/mol. The van der Waals surface area contributed by atoms with Crippen LogP contribution in [0.25, 0.3) is 0 Å². The minimum Gasteiger partial charge on any atom is -0.500 e. The predicted molar refractivity (Wildman–Crippen MR) is 99.2 cm³/mol. The second-order valence-corrected chi connectivity index (χ2v) is 6.47. The van der Waals surface area contributed by atoms with Gasteiger partial charge in [0.25, 0.3) is 0 Å². The van der Waals surface area contributed by atoms with Gasteiger partial charge in [-0.05, 0) is 37.0 Å². The summed E-state index contributed by atoms with van der Waals surface area (Å²) in [5, 5.41) is 28.4. The Morgan fingerprint density at radius 3 is 2.84 bits per heavy atom. The van der Waals surface area contributed by atoms with Crippen molar-refractivity contribution in [3.05, 3.63) is 27.8 Å². The van der Waals surface area contributed by atoms with E-state index in [-0.39, 0.29) is 5.75 Å². The number of rotatable bonds is 5. The minimum atomic E-state index is -0.681. The highest BCUT2D eigenvalue weighted by atomic mass is 32.1. The second-order valence-electron chi connectivity index (χ2n) is 6.06. The molecule has 3 N–H and O–H groups in total. The fourth-order valence-corrected chi connectivity index (χ4v) is 3.08. The summed E-state index contributed by atoms with van der Waals surface area (Å²) >= 11 is 5.23. The number of phenolic OH excluding ortho intramolecular Hbond substituents is 1. The average molecular weight is 366 g/mol. The van der Waals surface area contributed by atoms with Crippen LogP contribution in [0.1, 0.15) is 38.2 Å². The van der Waals surface area contributed by atoms with Gasteiger partial charge in [-0.3, -0.25) is 15.5 Å². The first-order valence-electron chi connectivity index (χ1n) is 8.07. The lowest BCUT2D eigenvalue weighted by atomic mass is 9.86. The van der Waals surface area contributed by atoms with E-state index in [0.717, 1.165) is 6.42 Å². The van der Waals surface area contributed by atoms with E-state index in [4.69, 9.17) is 17.0 Å². The number of hydrogen-bond acceptors (Lipinski definition) is 6. The van der Waals surface area contributed by atoms with Crippen LogP contribution in [-0.2, 0) is 0 Å². The van der Waals surface area contributed by atoms with Gasteiger partial charge in [-0.2, -0.15) is 5.10 Å². The van der Waals surface area contributed by atoms with E-state index < -0.39 is 16.4 Å². The molecule has 1 fully saturated rings. The number of nitrogens with one attached hydrogen (secondary N) is 2. The average Bonchev–Trinajstić information content (AvgIpc) is 2.58. The third-order valence-electron chi connectivity index (χ3n) is 4.30. The van der Waals surface area contributed by atoms with E-state index in [9.17, 15) is 15.2 Å². The summed E-state index contributed by atoms with van der Waals surface area (Å²) < 4.78 is 4.94. The van der Waals surface area contributed by atoms with Gasteiger partial charge >= 0.3 is 5.69 Å². The Hall–Kier alpha value is -2.42. The van der Waals surface area contributed by atoms with Gasteiger partial charge in [0.05, 0.1) is 18.2 Å². The minimum absolute atomic E-state index is 0.00684. The van der Waals surface area contributed by atoms with Crippen LogP contribution in [-0.4, -0.2) is 34.5 Å². The van der Waals surface area contributed by atoms with E-state index in [0.29, 0.717) is 22.6 Å². The second kappa shape index (κ2) is 8.61. The Kier molecular flexibility index (Phi) is 6.51. The highest BCUT2D eigenvalue weighted by Gasteiger charge is 2.21. The van der Waals surface area contributed by atoms with Crippen molar-refractivity contribution in [2.45, 2.75) is 38.6 Å². The molecule has 0 radical (unpaired) electrons. The summed E-state index contributed by atoms with van der Waals surface area (Å²) in [4.78, 5) is 10.3. The number of ether oxygens (including phenoxy) is 1. The topological polar surface area (TPSA) is 109 Å². The summed E-state index contributed by atoms with van der Waals surface area (Å²) in [7, 11) is 1.32. The van der Waals surface area contributed by atoms with Gasteiger partial charge in [0.2, 0.25) is 5.75 Å². The molecule has 0 bridgehead atoms. The molecule has 9 heteroatoms. The molecule has 8 nitrogen and oxygen atoms in total. The number of aromatic hydroxyl groups is 1. The molecule has 0 aromatic heterocycles. The van der Waals surface area contributed by atoms with Crippen LogP contribution in [0.15, 0.2) is 17.2 Å². The molecule has 25 heavy (non-hydrogen) atoms. The standard InChI is InChI=1S/C16H22N4O4S/c1-10-5-3-4-6-12(10)18-16(25)19-17-9-11-7-13(20(22)23)15(21)14(8-11)24-2/h7-10,12,21H,3-6H2,1-2H3,(H2,18,19,25)/b17-9-/t10-,12-/m0/s1. The molecule has 1 saturated carbocycles. The number of methoxy groups -OCH3 is 1. The van der Waals surface area contributed by atoms with E-state index in [2.05, 4.69) is 22.8 Å². The summed E-state index contributed by atoms with van der Waals surface area (Å²) in [5.41, 5.74) is 2.67. The molecule has 136 valence electrons. The van der Waals surface area contributed by atoms with Crippen molar-refractivity contribution < 1.29 is 14.8 Å². The van der Waals surface area contributed by atoms with Crippen molar-refractivity contribution in [1.29, 1.82) is 0 Å². The van der Waals surface area contributed by atoms with Gasteiger partial charge in [0.1, 0.15) is 0 Å². The number of benzene rings is 1. The maximum Gasteiger partial charge on any atom is 0.315 e. The number of hydrogen-bond donors (Lipinski definition) is 3. The van der Waals surface area contributed by atoms with Gasteiger partial charge < -0.3 is 15.2 Å².